The fourth-order valence-electron chi connectivity index (χ4n) is 4.46. The molecule has 1 atom stereocenters. The molecule has 2 aromatic rings. The molecule has 3 heterocycles. The molecule has 4 rings (SSSR count). The molecule has 0 saturated carbocycles. The monoisotopic (exact) mass is 474 g/mol. The van der Waals surface area contributed by atoms with E-state index in [0.29, 0.717) is 0 Å². The van der Waals surface area contributed by atoms with Crippen LogP contribution < -0.4 is 0 Å². The Bertz CT molecular complexity index is 1170. The highest BCUT2D eigenvalue weighted by atomic mass is 32.2. The standard InChI is InChI=1S/C22H26N4O6S/c1-13(2)18(26-20(27)16-7-5-6-8-17(16)21(26)28)22(29)24-9-11-25(12-10-24)33(30,31)19-14(3)23-32-15(19)4/h5-8,13,18H,9-12H2,1-4H3. The predicted molar refractivity (Wildman–Crippen MR) is 117 cm³/mol. The summed E-state index contributed by atoms with van der Waals surface area (Å²) in [7, 11) is -3.81. The number of hydrogen-bond donors (Lipinski definition) is 0. The summed E-state index contributed by atoms with van der Waals surface area (Å²) >= 11 is 0. The van der Waals surface area contributed by atoms with Gasteiger partial charge in [0.1, 0.15) is 16.6 Å². The van der Waals surface area contributed by atoms with Crippen molar-refractivity contribution < 1.29 is 27.3 Å². The number of sulfonamides is 1. The lowest BCUT2D eigenvalue weighted by atomic mass is 10.0. The number of amides is 3. The first-order valence-electron chi connectivity index (χ1n) is 10.7. The van der Waals surface area contributed by atoms with Crippen LogP contribution in [0.4, 0.5) is 0 Å². The lowest BCUT2D eigenvalue weighted by molar-refractivity contribution is -0.138. The van der Waals surface area contributed by atoms with E-state index in [1.165, 1.54) is 9.21 Å². The Kier molecular flexibility index (Phi) is 5.87. The van der Waals surface area contributed by atoms with Gasteiger partial charge in [0.2, 0.25) is 15.9 Å². The molecule has 0 aliphatic carbocycles. The number of benzene rings is 1. The van der Waals surface area contributed by atoms with Crippen LogP contribution >= 0.6 is 0 Å². The van der Waals surface area contributed by atoms with E-state index in [2.05, 4.69) is 5.16 Å². The number of carbonyl (C=O) groups excluding carboxylic acids is 3. The van der Waals surface area contributed by atoms with Gasteiger partial charge in [0.05, 0.1) is 11.1 Å². The molecular formula is C22H26N4O6S. The molecule has 1 unspecified atom stereocenters. The van der Waals surface area contributed by atoms with Crippen molar-refractivity contribution >= 4 is 27.7 Å². The molecule has 176 valence electrons. The number of carbonyl (C=O) groups is 3. The highest BCUT2D eigenvalue weighted by Crippen LogP contribution is 2.29. The van der Waals surface area contributed by atoms with Gasteiger partial charge in [-0.1, -0.05) is 31.1 Å². The summed E-state index contributed by atoms with van der Waals surface area (Å²) in [6.45, 7) is 7.15. The van der Waals surface area contributed by atoms with Crippen LogP contribution in [0.5, 0.6) is 0 Å². The van der Waals surface area contributed by atoms with Crippen LogP contribution in [0.1, 0.15) is 46.0 Å². The Balaban J connectivity index is 1.52. The van der Waals surface area contributed by atoms with Gasteiger partial charge in [-0.3, -0.25) is 19.3 Å². The van der Waals surface area contributed by atoms with Crippen molar-refractivity contribution in [3.05, 3.63) is 46.8 Å². The molecule has 0 bridgehead atoms. The van der Waals surface area contributed by atoms with Crippen LogP contribution in [0, 0.1) is 19.8 Å². The Morgan fingerprint density at radius 2 is 1.55 bits per heavy atom. The number of aryl methyl sites for hydroxylation is 2. The van der Waals surface area contributed by atoms with Gasteiger partial charge in [0.25, 0.3) is 11.8 Å². The molecule has 1 aromatic carbocycles. The smallest absolute Gasteiger partial charge is 0.262 e. The summed E-state index contributed by atoms with van der Waals surface area (Å²) < 4.78 is 32.4. The van der Waals surface area contributed by atoms with Crippen molar-refractivity contribution in [3.8, 4) is 0 Å². The first-order valence-corrected chi connectivity index (χ1v) is 12.2. The summed E-state index contributed by atoms with van der Waals surface area (Å²) in [5, 5.41) is 3.72. The first kappa shape index (κ1) is 23.1. The zero-order chi connectivity index (χ0) is 24.1. The average molecular weight is 475 g/mol. The SMILES string of the molecule is Cc1noc(C)c1S(=O)(=O)N1CCN(C(=O)C(C(C)C)N2C(=O)c3ccccc3C2=O)CC1. The third kappa shape index (κ3) is 3.74. The van der Waals surface area contributed by atoms with Crippen molar-refractivity contribution in [1.82, 2.24) is 19.3 Å². The van der Waals surface area contributed by atoms with Crippen molar-refractivity contribution in [2.45, 2.75) is 38.6 Å². The van der Waals surface area contributed by atoms with E-state index in [1.54, 1.807) is 52.0 Å². The molecule has 1 aromatic heterocycles. The van der Waals surface area contributed by atoms with Crippen LogP contribution in [0.3, 0.4) is 0 Å². The Hall–Kier alpha value is -3.05. The fourth-order valence-corrected chi connectivity index (χ4v) is 6.18. The number of piperazine rings is 1. The fraction of sp³-hybridized carbons (Fsp3) is 0.455. The second-order valence-electron chi connectivity index (χ2n) is 8.60. The van der Waals surface area contributed by atoms with Gasteiger partial charge < -0.3 is 9.42 Å². The maximum absolute atomic E-state index is 13.4. The van der Waals surface area contributed by atoms with Crippen LogP contribution in [-0.2, 0) is 14.8 Å². The van der Waals surface area contributed by atoms with Gasteiger partial charge >= 0.3 is 0 Å². The van der Waals surface area contributed by atoms with E-state index in [0.717, 1.165) is 4.90 Å². The minimum Gasteiger partial charge on any atom is -0.360 e. The molecule has 10 nitrogen and oxygen atoms in total. The molecule has 2 aliphatic heterocycles. The number of fused-ring (bicyclic) bond motifs is 1. The van der Waals surface area contributed by atoms with Crippen LogP contribution in [0.25, 0.3) is 0 Å². The lowest BCUT2D eigenvalue weighted by Gasteiger charge is -2.38. The summed E-state index contributed by atoms with van der Waals surface area (Å²) in [5.74, 6) is -1.43. The molecule has 33 heavy (non-hydrogen) atoms. The van der Waals surface area contributed by atoms with Crippen LogP contribution in [0.15, 0.2) is 33.7 Å². The minimum atomic E-state index is -3.81. The third-order valence-electron chi connectivity index (χ3n) is 6.10. The molecule has 0 spiro atoms. The second-order valence-corrected chi connectivity index (χ2v) is 10.5. The Morgan fingerprint density at radius 1 is 1.00 bits per heavy atom. The van der Waals surface area contributed by atoms with Crippen molar-refractivity contribution in [2.24, 2.45) is 5.92 Å². The van der Waals surface area contributed by atoms with Crippen molar-refractivity contribution in [3.63, 3.8) is 0 Å². The lowest BCUT2D eigenvalue weighted by Crippen LogP contribution is -2.58. The molecule has 2 aliphatic rings. The summed E-state index contributed by atoms with van der Waals surface area (Å²) in [5.41, 5.74) is 0.865. The normalized spacial score (nSPS) is 18.2. The van der Waals surface area contributed by atoms with Gasteiger partial charge in [-0.05, 0) is 31.9 Å². The maximum Gasteiger partial charge on any atom is 0.262 e. The summed E-state index contributed by atoms with van der Waals surface area (Å²) in [6.07, 6.45) is 0. The van der Waals surface area contributed by atoms with Gasteiger partial charge in [0.15, 0.2) is 5.76 Å². The van der Waals surface area contributed by atoms with E-state index >= 15 is 0 Å². The van der Waals surface area contributed by atoms with Gasteiger partial charge in [-0.25, -0.2) is 8.42 Å². The van der Waals surface area contributed by atoms with E-state index in [-0.39, 0.29) is 65.5 Å². The number of rotatable bonds is 5. The molecule has 0 N–H and O–H groups in total. The van der Waals surface area contributed by atoms with Gasteiger partial charge in [0, 0.05) is 26.2 Å². The zero-order valence-electron chi connectivity index (χ0n) is 18.9. The maximum atomic E-state index is 13.4. The quantitative estimate of drug-likeness (QED) is 0.601. The van der Waals surface area contributed by atoms with E-state index < -0.39 is 27.9 Å². The molecule has 3 amide bonds. The van der Waals surface area contributed by atoms with Gasteiger partial charge in [-0.2, -0.15) is 4.31 Å². The van der Waals surface area contributed by atoms with Crippen molar-refractivity contribution in [2.75, 3.05) is 26.2 Å². The summed E-state index contributed by atoms with van der Waals surface area (Å²) in [6, 6.07) is 5.55. The number of imide groups is 1. The first-order chi connectivity index (χ1) is 15.6. The van der Waals surface area contributed by atoms with Crippen molar-refractivity contribution in [1.29, 1.82) is 0 Å². The zero-order valence-corrected chi connectivity index (χ0v) is 19.8. The molecule has 1 fully saturated rings. The third-order valence-corrected chi connectivity index (χ3v) is 8.25. The van der Waals surface area contributed by atoms with E-state index in [9.17, 15) is 22.8 Å². The average Bonchev–Trinajstić information content (AvgIpc) is 3.25. The molecule has 11 heteroatoms. The Labute approximate surface area is 192 Å². The summed E-state index contributed by atoms with van der Waals surface area (Å²) in [4.78, 5) is 42.0. The Morgan fingerprint density at radius 3 is 2.00 bits per heavy atom. The number of nitrogens with zero attached hydrogens (tertiary/aromatic N) is 4. The number of aromatic nitrogens is 1. The molecule has 1 saturated heterocycles. The molecular weight excluding hydrogens is 448 g/mol. The van der Waals surface area contributed by atoms with E-state index in [4.69, 9.17) is 4.52 Å². The highest BCUT2D eigenvalue weighted by molar-refractivity contribution is 7.89. The highest BCUT2D eigenvalue weighted by Gasteiger charge is 2.46. The van der Waals surface area contributed by atoms with Crippen LogP contribution in [-0.4, -0.2) is 77.6 Å². The molecule has 0 radical (unpaired) electrons. The van der Waals surface area contributed by atoms with Gasteiger partial charge in [-0.15, -0.1) is 0 Å². The van der Waals surface area contributed by atoms with Crippen LogP contribution in [0.2, 0.25) is 0 Å². The topological polar surface area (TPSA) is 121 Å². The van der Waals surface area contributed by atoms with E-state index in [1.807, 2.05) is 0 Å². The number of hydrogen-bond acceptors (Lipinski definition) is 7. The second kappa shape index (κ2) is 8.38. The minimum absolute atomic E-state index is 0.0494. The predicted octanol–water partition coefficient (Wildman–Crippen LogP) is 1.45. The largest absolute Gasteiger partial charge is 0.360 e.